The van der Waals surface area contributed by atoms with Crippen LogP contribution in [-0.2, 0) is 0 Å². The first-order valence-electron chi connectivity index (χ1n) is 4.60. The molecule has 0 radical (unpaired) electrons. The first-order chi connectivity index (χ1) is 8.28. The lowest BCUT2D eigenvalue weighted by Crippen LogP contribution is -2.26. The highest BCUT2D eigenvalue weighted by molar-refractivity contribution is 8.00. The van der Waals surface area contributed by atoms with Crippen molar-refractivity contribution in [1.29, 1.82) is 0 Å². The third-order valence-electron chi connectivity index (χ3n) is 1.68. The van der Waals surface area contributed by atoms with Gasteiger partial charge in [0.2, 0.25) is 0 Å². The van der Waals surface area contributed by atoms with E-state index < -0.39 is 11.4 Å². The number of nitrogens with zero attached hydrogens (tertiary/aromatic N) is 1. The second-order valence-electron chi connectivity index (χ2n) is 3.05. The Kier molecular flexibility index (Phi) is 5.55. The minimum atomic E-state index is -4.30. The van der Waals surface area contributed by atoms with Crippen molar-refractivity contribution in [3.63, 3.8) is 0 Å². The largest absolute Gasteiger partial charge is 0.441 e. The molecular formula is C9H7Cl2F3N2OS. The molecule has 0 fully saturated rings. The summed E-state index contributed by atoms with van der Waals surface area (Å²) in [5.41, 5.74) is -4.15. The molecule has 9 heteroatoms. The van der Waals surface area contributed by atoms with Crippen LogP contribution in [0.25, 0.3) is 0 Å². The average Bonchev–Trinajstić information content (AvgIpc) is 2.21. The van der Waals surface area contributed by atoms with Gasteiger partial charge in [-0.25, -0.2) is 4.98 Å². The van der Waals surface area contributed by atoms with Crippen LogP contribution in [0.1, 0.15) is 10.4 Å². The van der Waals surface area contributed by atoms with Crippen LogP contribution in [0.4, 0.5) is 13.2 Å². The van der Waals surface area contributed by atoms with Crippen molar-refractivity contribution in [1.82, 2.24) is 10.3 Å². The molecule has 1 N–H and O–H groups in total. The quantitative estimate of drug-likeness (QED) is 0.683. The van der Waals surface area contributed by atoms with Gasteiger partial charge in [0, 0.05) is 17.9 Å². The number of hydrogen-bond donors (Lipinski definition) is 1. The molecule has 0 bridgehead atoms. The number of alkyl halides is 3. The van der Waals surface area contributed by atoms with Crippen LogP contribution in [0.2, 0.25) is 10.3 Å². The topological polar surface area (TPSA) is 42.0 Å². The van der Waals surface area contributed by atoms with Crippen LogP contribution in [-0.4, -0.2) is 28.7 Å². The molecule has 18 heavy (non-hydrogen) atoms. The van der Waals surface area contributed by atoms with Crippen LogP contribution in [0.5, 0.6) is 0 Å². The SMILES string of the molecule is O=C(NCCSC(F)(F)F)c1cc(Cl)nc(Cl)c1. The van der Waals surface area contributed by atoms with Gasteiger partial charge >= 0.3 is 5.51 Å². The maximum absolute atomic E-state index is 11.8. The summed E-state index contributed by atoms with van der Waals surface area (Å²) in [7, 11) is 0. The molecule has 1 rings (SSSR count). The summed E-state index contributed by atoms with van der Waals surface area (Å²) in [6, 6.07) is 2.55. The van der Waals surface area contributed by atoms with Crippen molar-refractivity contribution in [2.45, 2.75) is 5.51 Å². The van der Waals surface area contributed by atoms with Gasteiger partial charge in [-0.2, -0.15) is 13.2 Å². The third kappa shape index (κ3) is 5.79. The molecule has 1 aromatic heterocycles. The number of nitrogens with one attached hydrogen (secondary N) is 1. The summed E-state index contributed by atoms with van der Waals surface area (Å²) in [6.07, 6.45) is 0. The van der Waals surface area contributed by atoms with Crippen LogP contribution >= 0.6 is 35.0 Å². The Morgan fingerprint density at radius 3 is 2.39 bits per heavy atom. The molecule has 0 aliphatic rings. The van der Waals surface area contributed by atoms with Crippen molar-refractivity contribution in [2.24, 2.45) is 0 Å². The predicted molar refractivity (Wildman–Crippen MR) is 65.1 cm³/mol. The molecule has 0 aromatic carbocycles. The minimum Gasteiger partial charge on any atom is -0.351 e. The van der Waals surface area contributed by atoms with E-state index in [-0.39, 0.29) is 39.9 Å². The fourth-order valence-corrected chi connectivity index (χ4v) is 1.93. The number of rotatable bonds is 4. The normalized spacial score (nSPS) is 11.4. The average molecular weight is 319 g/mol. The maximum Gasteiger partial charge on any atom is 0.441 e. The third-order valence-corrected chi connectivity index (χ3v) is 2.80. The first kappa shape index (κ1) is 15.4. The molecule has 3 nitrogen and oxygen atoms in total. The number of aromatic nitrogens is 1. The molecule has 0 spiro atoms. The van der Waals surface area contributed by atoms with E-state index in [0.717, 1.165) is 0 Å². The number of hydrogen-bond acceptors (Lipinski definition) is 3. The number of amides is 1. The fraction of sp³-hybridized carbons (Fsp3) is 0.333. The first-order valence-corrected chi connectivity index (χ1v) is 6.34. The summed E-state index contributed by atoms with van der Waals surface area (Å²) >= 11 is 11.0. The van der Waals surface area contributed by atoms with Gasteiger partial charge in [0.05, 0.1) is 0 Å². The molecule has 1 amide bonds. The minimum absolute atomic E-state index is 0.0392. The molecule has 0 atom stereocenters. The van der Waals surface area contributed by atoms with Crippen LogP contribution < -0.4 is 5.32 Å². The Morgan fingerprint density at radius 1 is 1.33 bits per heavy atom. The molecule has 0 aliphatic heterocycles. The number of carbonyl (C=O) groups is 1. The second-order valence-corrected chi connectivity index (χ2v) is 4.99. The Labute approximate surface area is 115 Å². The lowest BCUT2D eigenvalue weighted by molar-refractivity contribution is -0.0327. The standard InChI is InChI=1S/C9H7Cl2F3N2OS/c10-6-3-5(4-7(11)16-6)8(17)15-1-2-18-9(12,13)14/h3-4H,1-2H2,(H,15,17). The Balaban J connectivity index is 2.46. The van der Waals surface area contributed by atoms with Gasteiger partial charge in [-0.3, -0.25) is 4.79 Å². The van der Waals surface area contributed by atoms with Gasteiger partial charge in [-0.1, -0.05) is 23.2 Å². The zero-order valence-corrected chi connectivity index (χ0v) is 11.1. The molecular weight excluding hydrogens is 312 g/mol. The van der Waals surface area contributed by atoms with Gasteiger partial charge in [0.1, 0.15) is 10.3 Å². The smallest absolute Gasteiger partial charge is 0.351 e. The number of halogens is 5. The van der Waals surface area contributed by atoms with E-state index >= 15 is 0 Å². The van der Waals surface area contributed by atoms with E-state index in [1.54, 1.807) is 0 Å². The van der Waals surface area contributed by atoms with Gasteiger partial charge < -0.3 is 5.32 Å². The Morgan fingerprint density at radius 2 is 1.89 bits per heavy atom. The molecule has 0 saturated carbocycles. The van der Waals surface area contributed by atoms with Crippen molar-refractivity contribution >= 4 is 40.9 Å². The number of thioether (sulfide) groups is 1. The summed E-state index contributed by atoms with van der Waals surface area (Å²) in [5, 5.41) is 2.40. The summed E-state index contributed by atoms with van der Waals surface area (Å²) in [6.45, 7) is -0.111. The highest BCUT2D eigenvalue weighted by Crippen LogP contribution is 2.29. The Bertz CT molecular complexity index is 422. The highest BCUT2D eigenvalue weighted by atomic mass is 35.5. The van der Waals surface area contributed by atoms with Crippen molar-refractivity contribution in [3.8, 4) is 0 Å². The molecule has 1 heterocycles. The van der Waals surface area contributed by atoms with E-state index in [9.17, 15) is 18.0 Å². The fourth-order valence-electron chi connectivity index (χ4n) is 1.03. The second kappa shape index (κ2) is 6.49. The van der Waals surface area contributed by atoms with Crippen LogP contribution in [0.15, 0.2) is 12.1 Å². The van der Waals surface area contributed by atoms with Crippen molar-refractivity contribution in [3.05, 3.63) is 28.0 Å². The van der Waals surface area contributed by atoms with Gasteiger partial charge in [-0.05, 0) is 23.9 Å². The lowest BCUT2D eigenvalue weighted by atomic mass is 10.2. The summed E-state index contributed by atoms with van der Waals surface area (Å²) in [5.74, 6) is -0.814. The number of pyridine rings is 1. The zero-order chi connectivity index (χ0) is 13.8. The zero-order valence-electron chi connectivity index (χ0n) is 8.72. The van der Waals surface area contributed by atoms with Crippen LogP contribution in [0, 0.1) is 0 Å². The van der Waals surface area contributed by atoms with Gasteiger partial charge in [-0.15, -0.1) is 0 Å². The summed E-state index contributed by atoms with van der Waals surface area (Å²) < 4.78 is 35.4. The van der Waals surface area contributed by atoms with Gasteiger partial charge in [0.15, 0.2) is 0 Å². The predicted octanol–water partition coefficient (Wildman–Crippen LogP) is 3.37. The van der Waals surface area contributed by atoms with Crippen LogP contribution in [0.3, 0.4) is 0 Å². The maximum atomic E-state index is 11.8. The number of carbonyl (C=O) groups excluding carboxylic acids is 1. The monoisotopic (exact) mass is 318 g/mol. The van der Waals surface area contributed by atoms with Crippen molar-refractivity contribution < 1.29 is 18.0 Å². The Hall–Kier alpha value is -0.660. The molecule has 100 valence electrons. The van der Waals surface area contributed by atoms with E-state index in [1.165, 1.54) is 12.1 Å². The summed E-state index contributed by atoms with van der Waals surface area (Å²) in [4.78, 5) is 15.2. The molecule has 0 aliphatic carbocycles. The van der Waals surface area contributed by atoms with Gasteiger partial charge in [0.25, 0.3) is 5.91 Å². The highest BCUT2D eigenvalue weighted by Gasteiger charge is 2.27. The van der Waals surface area contributed by atoms with Crippen molar-refractivity contribution in [2.75, 3.05) is 12.3 Å². The lowest BCUT2D eigenvalue weighted by Gasteiger charge is -2.07. The van der Waals surface area contributed by atoms with E-state index in [1.807, 2.05) is 0 Å². The molecule has 0 saturated heterocycles. The van der Waals surface area contributed by atoms with E-state index in [0.29, 0.717) is 0 Å². The molecule has 1 aromatic rings. The molecule has 0 unspecified atom stereocenters. The van der Waals surface area contributed by atoms with E-state index in [4.69, 9.17) is 23.2 Å². The van der Waals surface area contributed by atoms with E-state index in [2.05, 4.69) is 10.3 Å².